The van der Waals surface area contributed by atoms with Crippen molar-refractivity contribution >= 4 is 0 Å². The molecule has 0 fully saturated rings. The van der Waals surface area contributed by atoms with E-state index in [1.165, 1.54) is 5.57 Å². The highest BCUT2D eigenvalue weighted by atomic mass is 15.2. The molecule has 0 radical (unpaired) electrons. The number of rotatable bonds is 4. The predicted octanol–water partition coefficient (Wildman–Crippen LogP) is 1.36. The predicted molar refractivity (Wildman–Crippen MR) is 45.4 cm³/mol. The third-order valence-corrected chi connectivity index (χ3v) is 1.24. The molecule has 0 aliphatic rings. The van der Waals surface area contributed by atoms with Crippen LogP contribution in [0.25, 0.3) is 0 Å². The maximum Gasteiger partial charge on any atom is 0.0345 e. The van der Waals surface area contributed by atoms with Gasteiger partial charge in [0.15, 0.2) is 0 Å². The van der Waals surface area contributed by atoms with Gasteiger partial charge in [0.1, 0.15) is 0 Å². The molecule has 0 aromatic carbocycles. The Morgan fingerprint density at radius 1 is 1.60 bits per heavy atom. The molecule has 0 aromatic heterocycles. The highest BCUT2D eigenvalue weighted by molar-refractivity contribution is 5.18. The van der Waals surface area contributed by atoms with E-state index in [4.69, 9.17) is 5.84 Å². The van der Waals surface area contributed by atoms with Gasteiger partial charge < -0.3 is 0 Å². The summed E-state index contributed by atoms with van der Waals surface area (Å²) in [6, 6.07) is 0. The molecule has 0 saturated heterocycles. The molecule has 2 nitrogen and oxygen atoms in total. The maximum atomic E-state index is 5.15. The third kappa shape index (κ3) is 4.30. The Morgan fingerprint density at radius 2 is 2.30 bits per heavy atom. The second-order valence-electron chi connectivity index (χ2n) is 2.06. The van der Waals surface area contributed by atoms with Crippen molar-refractivity contribution < 1.29 is 0 Å². The lowest BCUT2D eigenvalue weighted by molar-refractivity contribution is 0.805. The van der Waals surface area contributed by atoms with Gasteiger partial charge in [-0.1, -0.05) is 25.2 Å². The summed E-state index contributed by atoms with van der Waals surface area (Å²) in [7, 11) is 0. The van der Waals surface area contributed by atoms with Crippen LogP contribution in [0.2, 0.25) is 0 Å². The molecule has 0 aromatic rings. The summed E-state index contributed by atoms with van der Waals surface area (Å²) >= 11 is 0. The molecule has 0 spiro atoms. The molecule has 0 amide bonds. The van der Waals surface area contributed by atoms with Gasteiger partial charge in [-0.3, -0.25) is 11.3 Å². The lowest BCUT2D eigenvalue weighted by atomic mass is 10.2. The second-order valence-corrected chi connectivity index (χ2v) is 2.06. The van der Waals surface area contributed by atoms with Crippen molar-refractivity contribution in [1.29, 1.82) is 0 Å². The zero-order valence-electron chi connectivity index (χ0n) is 6.72. The zero-order chi connectivity index (χ0) is 7.82. The van der Waals surface area contributed by atoms with E-state index in [1.807, 2.05) is 13.0 Å². The fourth-order valence-electron chi connectivity index (χ4n) is 0.644. The smallest absolute Gasteiger partial charge is 0.0345 e. The van der Waals surface area contributed by atoms with Crippen LogP contribution in [-0.2, 0) is 0 Å². The fraction of sp³-hybridized carbons (Fsp3) is 0.500. The summed E-state index contributed by atoms with van der Waals surface area (Å²) < 4.78 is 0. The Labute approximate surface area is 62.8 Å². The van der Waals surface area contributed by atoms with E-state index in [0.717, 1.165) is 13.0 Å². The van der Waals surface area contributed by atoms with E-state index in [1.54, 1.807) is 0 Å². The number of hydrazine groups is 1. The summed E-state index contributed by atoms with van der Waals surface area (Å²) in [5.41, 5.74) is 3.83. The molecule has 0 atom stereocenters. The van der Waals surface area contributed by atoms with Crippen LogP contribution >= 0.6 is 0 Å². The van der Waals surface area contributed by atoms with Crippen LogP contribution in [0.4, 0.5) is 0 Å². The van der Waals surface area contributed by atoms with Crippen LogP contribution in [0.5, 0.6) is 0 Å². The lowest BCUT2D eigenvalue weighted by Gasteiger charge is -1.97. The molecular weight excluding hydrogens is 124 g/mol. The molecule has 0 aliphatic heterocycles. The van der Waals surface area contributed by atoms with Gasteiger partial charge in [0, 0.05) is 6.54 Å². The Hall–Kier alpha value is -0.600. The first-order valence-corrected chi connectivity index (χ1v) is 3.60. The molecule has 0 bridgehead atoms. The maximum absolute atomic E-state index is 5.15. The van der Waals surface area contributed by atoms with Crippen LogP contribution in [0.1, 0.15) is 20.3 Å². The van der Waals surface area contributed by atoms with Crippen molar-refractivity contribution in [1.82, 2.24) is 5.43 Å². The van der Waals surface area contributed by atoms with Crippen molar-refractivity contribution in [3.63, 3.8) is 0 Å². The number of hydrogen-bond donors (Lipinski definition) is 2. The van der Waals surface area contributed by atoms with Gasteiger partial charge >= 0.3 is 0 Å². The SMILES string of the molecule is C/C=C(\C=C/CC)CNN. The number of nitrogens with one attached hydrogen (secondary N) is 1. The molecular formula is C8H16N2. The van der Waals surface area contributed by atoms with Gasteiger partial charge in [-0.15, -0.1) is 0 Å². The summed E-state index contributed by atoms with van der Waals surface area (Å²) in [5, 5.41) is 0. The topological polar surface area (TPSA) is 38.0 Å². The van der Waals surface area contributed by atoms with E-state index < -0.39 is 0 Å². The Kier molecular flexibility index (Phi) is 6.13. The zero-order valence-corrected chi connectivity index (χ0v) is 6.72. The minimum atomic E-state index is 0.743. The summed E-state index contributed by atoms with van der Waals surface area (Å²) in [5.74, 6) is 5.15. The number of allylic oxidation sites excluding steroid dienone is 2. The molecule has 0 unspecified atom stereocenters. The average Bonchev–Trinajstić information content (AvgIpc) is 1.98. The standard InChI is InChI=1S/C8H16N2/c1-3-5-6-8(4-2)7-10-9/h4-6,10H,3,7,9H2,1-2H3/b6-5-,8-4+. The average molecular weight is 140 g/mol. The van der Waals surface area contributed by atoms with Gasteiger partial charge in [-0.2, -0.15) is 0 Å². The van der Waals surface area contributed by atoms with E-state index >= 15 is 0 Å². The molecule has 3 N–H and O–H groups in total. The highest BCUT2D eigenvalue weighted by Crippen LogP contribution is 1.94. The minimum absolute atomic E-state index is 0.743. The molecule has 0 heterocycles. The van der Waals surface area contributed by atoms with Crippen molar-refractivity contribution in [2.45, 2.75) is 20.3 Å². The van der Waals surface area contributed by atoms with Gasteiger partial charge in [-0.25, -0.2) is 0 Å². The Balaban J connectivity index is 3.72. The van der Waals surface area contributed by atoms with Crippen LogP contribution < -0.4 is 11.3 Å². The number of hydrogen-bond acceptors (Lipinski definition) is 2. The fourth-order valence-corrected chi connectivity index (χ4v) is 0.644. The minimum Gasteiger partial charge on any atom is -0.271 e. The van der Waals surface area contributed by atoms with Crippen molar-refractivity contribution in [3.05, 3.63) is 23.8 Å². The summed E-state index contributed by atoms with van der Waals surface area (Å²) in [6.07, 6.45) is 7.32. The molecule has 2 heteroatoms. The molecule has 0 rings (SSSR count). The summed E-state index contributed by atoms with van der Waals surface area (Å²) in [6.45, 7) is 4.86. The first-order chi connectivity index (χ1) is 4.85. The monoisotopic (exact) mass is 140 g/mol. The van der Waals surface area contributed by atoms with Crippen LogP contribution in [0, 0.1) is 0 Å². The second kappa shape index (κ2) is 6.52. The van der Waals surface area contributed by atoms with E-state index in [-0.39, 0.29) is 0 Å². The quantitative estimate of drug-likeness (QED) is 0.351. The van der Waals surface area contributed by atoms with Gasteiger partial charge in [0.25, 0.3) is 0 Å². The Morgan fingerprint density at radius 3 is 2.70 bits per heavy atom. The first-order valence-electron chi connectivity index (χ1n) is 3.60. The highest BCUT2D eigenvalue weighted by Gasteiger charge is 1.84. The van der Waals surface area contributed by atoms with Gasteiger partial charge in [0.2, 0.25) is 0 Å². The molecule has 0 aliphatic carbocycles. The molecule has 0 saturated carbocycles. The van der Waals surface area contributed by atoms with Crippen molar-refractivity contribution in [3.8, 4) is 0 Å². The van der Waals surface area contributed by atoms with E-state index in [9.17, 15) is 0 Å². The van der Waals surface area contributed by atoms with Crippen LogP contribution in [0.3, 0.4) is 0 Å². The van der Waals surface area contributed by atoms with Gasteiger partial charge in [0.05, 0.1) is 0 Å². The third-order valence-electron chi connectivity index (χ3n) is 1.24. The molecule has 10 heavy (non-hydrogen) atoms. The largest absolute Gasteiger partial charge is 0.271 e. The first kappa shape index (κ1) is 9.40. The van der Waals surface area contributed by atoms with Crippen LogP contribution in [0.15, 0.2) is 23.8 Å². The van der Waals surface area contributed by atoms with Crippen molar-refractivity contribution in [2.75, 3.05) is 6.54 Å². The van der Waals surface area contributed by atoms with Crippen molar-refractivity contribution in [2.24, 2.45) is 5.84 Å². The van der Waals surface area contributed by atoms with Gasteiger partial charge in [-0.05, 0) is 18.9 Å². The Bertz CT molecular complexity index is 125. The lowest BCUT2D eigenvalue weighted by Crippen LogP contribution is -2.23. The summed E-state index contributed by atoms with van der Waals surface area (Å²) in [4.78, 5) is 0. The molecule has 58 valence electrons. The van der Waals surface area contributed by atoms with Crippen LogP contribution in [-0.4, -0.2) is 6.54 Å². The van der Waals surface area contributed by atoms with E-state index in [0.29, 0.717) is 0 Å². The number of nitrogens with two attached hydrogens (primary N) is 1. The normalized spacial score (nSPS) is 12.9. The van der Waals surface area contributed by atoms with E-state index in [2.05, 4.69) is 24.5 Å².